The van der Waals surface area contributed by atoms with Crippen LogP contribution in [0.2, 0.25) is 0 Å². The summed E-state index contributed by atoms with van der Waals surface area (Å²) >= 11 is 1.08. The predicted octanol–water partition coefficient (Wildman–Crippen LogP) is -0.157. The SMILES string of the molecule is CCOC(=O)/C=c1\s/c(=C\c2ccccc2OCC#N)c(=O)n1CC(=O)N1CCOCC1. The number of ether oxygens (including phenoxy) is 3. The zero-order valence-electron chi connectivity index (χ0n) is 17.6. The average molecular weight is 458 g/mol. The number of hydrogen-bond donors (Lipinski definition) is 0. The van der Waals surface area contributed by atoms with Crippen molar-refractivity contribution in [1.29, 1.82) is 5.26 Å². The van der Waals surface area contributed by atoms with E-state index >= 15 is 0 Å². The number of aromatic nitrogens is 1. The fourth-order valence-electron chi connectivity index (χ4n) is 3.11. The quantitative estimate of drug-likeness (QED) is 0.532. The summed E-state index contributed by atoms with van der Waals surface area (Å²) in [5, 5.41) is 8.78. The van der Waals surface area contributed by atoms with Crippen molar-refractivity contribution in [1.82, 2.24) is 9.47 Å². The topological polar surface area (TPSA) is 111 Å². The van der Waals surface area contributed by atoms with Crippen molar-refractivity contribution in [2.45, 2.75) is 13.5 Å². The maximum absolute atomic E-state index is 13.2. The van der Waals surface area contributed by atoms with Crippen molar-refractivity contribution in [2.24, 2.45) is 0 Å². The Bertz CT molecular complexity index is 1190. The third-order valence-electron chi connectivity index (χ3n) is 4.62. The van der Waals surface area contributed by atoms with E-state index in [1.165, 1.54) is 10.6 Å². The molecule has 0 bridgehead atoms. The van der Waals surface area contributed by atoms with Crippen LogP contribution in [0.1, 0.15) is 12.5 Å². The Morgan fingerprint density at radius 2 is 2.03 bits per heavy atom. The number of amides is 1. The number of carbonyl (C=O) groups excluding carboxylic acids is 2. The molecule has 0 spiro atoms. The third kappa shape index (κ3) is 5.84. The number of morpholine rings is 1. The fraction of sp³-hybridized carbons (Fsp3) is 0.364. The first-order valence-electron chi connectivity index (χ1n) is 10.1. The molecular weight excluding hydrogens is 434 g/mol. The van der Waals surface area contributed by atoms with E-state index in [4.69, 9.17) is 19.5 Å². The largest absolute Gasteiger partial charge is 0.478 e. The summed E-state index contributed by atoms with van der Waals surface area (Å²) < 4.78 is 17.6. The molecule has 1 aromatic heterocycles. The second-order valence-corrected chi connectivity index (χ2v) is 7.78. The maximum atomic E-state index is 13.2. The van der Waals surface area contributed by atoms with Gasteiger partial charge in [0, 0.05) is 18.7 Å². The first kappa shape index (κ1) is 23.2. The molecule has 32 heavy (non-hydrogen) atoms. The molecule has 3 rings (SSSR count). The molecule has 1 saturated heterocycles. The molecule has 0 atom stereocenters. The zero-order chi connectivity index (χ0) is 22.9. The van der Waals surface area contributed by atoms with Crippen LogP contribution in [0, 0.1) is 11.3 Å². The van der Waals surface area contributed by atoms with E-state index < -0.39 is 11.5 Å². The lowest BCUT2D eigenvalue weighted by Gasteiger charge is -2.26. The van der Waals surface area contributed by atoms with Gasteiger partial charge < -0.3 is 19.1 Å². The number of carbonyl (C=O) groups is 2. The summed E-state index contributed by atoms with van der Waals surface area (Å²) in [5.41, 5.74) is 0.206. The van der Waals surface area contributed by atoms with Crippen molar-refractivity contribution < 1.29 is 23.8 Å². The molecule has 0 unspecified atom stereocenters. The molecule has 9 nitrogen and oxygen atoms in total. The lowest BCUT2D eigenvalue weighted by atomic mass is 10.2. The van der Waals surface area contributed by atoms with Gasteiger partial charge in [-0.3, -0.25) is 14.2 Å². The highest BCUT2D eigenvalue weighted by Gasteiger charge is 2.19. The minimum Gasteiger partial charge on any atom is -0.478 e. The predicted molar refractivity (Wildman–Crippen MR) is 117 cm³/mol. The molecule has 0 radical (unpaired) electrons. The summed E-state index contributed by atoms with van der Waals surface area (Å²) in [4.78, 5) is 39.6. The highest BCUT2D eigenvalue weighted by molar-refractivity contribution is 7.07. The number of thiazole rings is 1. The number of esters is 1. The van der Waals surface area contributed by atoms with Gasteiger partial charge in [-0.25, -0.2) is 4.79 Å². The van der Waals surface area contributed by atoms with Gasteiger partial charge in [0.1, 0.15) is 23.0 Å². The van der Waals surface area contributed by atoms with Crippen LogP contribution in [-0.4, -0.2) is 60.9 Å². The van der Waals surface area contributed by atoms with Crippen molar-refractivity contribution in [3.05, 3.63) is 49.4 Å². The Morgan fingerprint density at radius 3 is 2.75 bits per heavy atom. The summed E-state index contributed by atoms with van der Waals surface area (Å²) in [6, 6.07) is 8.91. The van der Waals surface area contributed by atoms with Crippen LogP contribution >= 0.6 is 11.3 Å². The first-order chi connectivity index (χ1) is 15.5. The lowest BCUT2D eigenvalue weighted by molar-refractivity contribution is -0.136. The van der Waals surface area contributed by atoms with Gasteiger partial charge in [0.25, 0.3) is 5.56 Å². The summed E-state index contributed by atoms with van der Waals surface area (Å²) in [7, 11) is 0. The molecule has 0 aliphatic carbocycles. The van der Waals surface area contributed by atoms with Gasteiger partial charge in [0.2, 0.25) is 5.91 Å². The molecule has 1 amide bonds. The molecule has 1 aromatic carbocycles. The number of nitriles is 1. The highest BCUT2D eigenvalue weighted by Crippen LogP contribution is 2.18. The van der Waals surface area contributed by atoms with Crippen LogP contribution in [0.4, 0.5) is 0 Å². The Morgan fingerprint density at radius 1 is 1.28 bits per heavy atom. The zero-order valence-corrected chi connectivity index (χ0v) is 18.4. The molecule has 168 valence electrons. The van der Waals surface area contributed by atoms with Gasteiger partial charge >= 0.3 is 5.97 Å². The van der Waals surface area contributed by atoms with E-state index in [1.54, 1.807) is 42.2 Å². The van der Waals surface area contributed by atoms with E-state index in [1.807, 2.05) is 6.07 Å². The summed E-state index contributed by atoms with van der Waals surface area (Å²) in [6.45, 7) is 3.37. The molecule has 0 N–H and O–H groups in total. The van der Waals surface area contributed by atoms with E-state index in [0.29, 0.717) is 46.8 Å². The highest BCUT2D eigenvalue weighted by atomic mass is 32.1. The molecule has 2 aromatic rings. The standard InChI is InChI=1S/C22H23N3O6S/c1-2-30-21(27)14-20-25(15-19(26)24-8-11-29-12-9-24)22(28)18(32-20)13-16-5-3-4-6-17(16)31-10-7-23/h3-6,13-14H,2,8-12,15H2,1H3/b18-13-,20-14-. The number of nitrogens with zero attached hydrogens (tertiary/aromatic N) is 3. The van der Waals surface area contributed by atoms with Crippen molar-refractivity contribution in [3.63, 3.8) is 0 Å². The van der Waals surface area contributed by atoms with Crippen molar-refractivity contribution >= 4 is 35.4 Å². The number of hydrogen-bond acceptors (Lipinski definition) is 8. The van der Waals surface area contributed by atoms with Gasteiger partial charge in [-0.05, 0) is 19.1 Å². The van der Waals surface area contributed by atoms with Crippen LogP contribution in [0.15, 0.2) is 29.1 Å². The molecule has 1 fully saturated rings. The maximum Gasteiger partial charge on any atom is 0.333 e. The van der Waals surface area contributed by atoms with Crippen LogP contribution in [0.3, 0.4) is 0 Å². The fourth-order valence-corrected chi connectivity index (χ4v) is 4.13. The molecule has 2 heterocycles. The van der Waals surface area contributed by atoms with E-state index in [2.05, 4.69) is 0 Å². The van der Waals surface area contributed by atoms with Crippen LogP contribution < -0.4 is 19.5 Å². The van der Waals surface area contributed by atoms with E-state index in [-0.39, 0.29) is 25.7 Å². The van der Waals surface area contributed by atoms with Gasteiger partial charge in [-0.2, -0.15) is 5.26 Å². The normalized spacial score (nSPS) is 14.8. The Balaban J connectivity index is 2.04. The van der Waals surface area contributed by atoms with Gasteiger partial charge in [-0.15, -0.1) is 11.3 Å². The average Bonchev–Trinajstić information content (AvgIpc) is 3.08. The molecule has 10 heteroatoms. The smallest absolute Gasteiger partial charge is 0.333 e. The van der Waals surface area contributed by atoms with Crippen LogP contribution in [0.5, 0.6) is 5.75 Å². The van der Waals surface area contributed by atoms with Gasteiger partial charge in [-0.1, -0.05) is 18.2 Å². The minimum atomic E-state index is -0.592. The monoisotopic (exact) mass is 457 g/mol. The molecule has 1 aliphatic rings. The minimum absolute atomic E-state index is 0.130. The molecule has 0 saturated carbocycles. The first-order valence-corrected chi connectivity index (χ1v) is 10.9. The number of benzene rings is 1. The lowest BCUT2D eigenvalue weighted by Crippen LogP contribution is -2.45. The molecular formula is C22H23N3O6S. The van der Waals surface area contributed by atoms with Gasteiger partial charge in [0.15, 0.2) is 6.61 Å². The Labute approximate surface area is 188 Å². The van der Waals surface area contributed by atoms with Crippen molar-refractivity contribution in [2.75, 3.05) is 39.5 Å². The van der Waals surface area contributed by atoms with E-state index in [9.17, 15) is 14.4 Å². The molecule has 1 aliphatic heterocycles. The Hall–Kier alpha value is -3.42. The number of rotatable bonds is 7. The second-order valence-electron chi connectivity index (χ2n) is 6.71. The number of para-hydroxylation sites is 1. The van der Waals surface area contributed by atoms with Crippen LogP contribution in [0.25, 0.3) is 12.2 Å². The van der Waals surface area contributed by atoms with Crippen molar-refractivity contribution in [3.8, 4) is 11.8 Å². The third-order valence-corrected chi connectivity index (χ3v) is 5.68. The van der Waals surface area contributed by atoms with E-state index in [0.717, 1.165) is 11.3 Å². The van der Waals surface area contributed by atoms with Gasteiger partial charge in [0.05, 0.1) is 30.4 Å². The Kier molecular flexibility index (Phi) is 8.19. The van der Waals surface area contributed by atoms with Crippen LogP contribution in [-0.2, 0) is 25.6 Å². The summed E-state index contributed by atoms with van der Waals surface area (Å²) in [5.74, 6) is -0.365. The summed E-state index contributed by atoms with van der Waals surface area (Å²) in [6.07, 6.45) is 2.84. The second kappa shape index (κ2) is 11.3.